The molecule has 1 aliphatic heterocycles. The number of anilines is 1. The predicted octanol–water partition coefficient (Wildman–Crippen LogP) is 3.43. The highest BCUT2D eigenvalue weighted by Crippen LogP contribution is 2.28. The second kappa shape index (κ2) is 9.56. The van der Waals surface area contributed by atoms with Crippen molar-refractivity contribution in [2.45, 2.75) is 25.9 Å². The molecule has 11 heteroatoms. The quantitative estimate of drug-likeness (QED) is 0.508. The average Bonchev–Trinajstić information content (AvgIpc) is 3.22. The minimum absolute atomic E-state index is 0.144. The van der Waals surface area contributed by atoms with Gasteiger partial charge in [-0.05, 0) is 62.3 Å². The highest BCUT2D eigenvalue weighted by atomic mass is 35.5. The lowest BCUT2D eigenvalue weighted by Gasteiger charge is -2.35. The molecule has 8 nitrogen and oxygen atoms in total. The molecule has 0 radical (unpaired) electrons. The Labute approximate surface area is 192 Å². The number of rotatable bonds is 5. The number of furan rings is 1. The third-order valence-electron chi connectivity index (χ3n) is 4.84. The minimum atomic E-state index is -3.87. The lowest BCUT2D eigenvalue weighted by atomic mass is 10.1. The van der Waals surface area contributed by atoms with Crippen LogP contribution in [0, 0.1) is 13.8 Å². The van der Waals surface area contributed by atoms with Crippen LogP contribution >= 0.6 is 23.8 Å². The van der Waals surface area contributed by atoms with E-state index in [0.717, 1.165) is 16.8 Å². The molecule has 1 saturated heterocycles. The molecule has 2 aromatic rings. The molecule has 31 heavy (non-hydrogen) atoms. The van der Waals surface area contributed by atoms with Crippen LogP contribution in [0.2, 0.25) is 5.02 Å². The fourth-order valence-corrected chi connectivity index (χ4v) is 5.28. The van der Waals surface area contributed by atoms with Crippen molar-refractivity contribution in [3.05, 3.63) is 46.2 Å². The summed E-state index contributed by atoms with van der Waals surface area (Å²) in [4.78, 5) is 13.6. The molecular formula is C20H24ClN3O5S2. The number of halogens is 1. The molecule has 0 atom stereocenters. The molecule has 1 aromatic heterocycles. The van der Waals surface area contributed by atoms with Crippen LogP contribution in [0.4, 0.5) is 5.69 Å². The van der Waals surface area contributed by atoms with Gasteiger partial charge in [-0.3, -0.25) is 0 Å². The molecule has 1 N–H and O–H groups in total. The number of aryl methyl sites for hydroxylation is 2. The van der Waals surface area contributed by atoms with Crippen molar-refractivity contribution < 1.29 is 22.4 Å². The smallest absolute Gasteiger partial charge is 0.374 e. The van der Waals surface area contributed by atoms with Gasteiger partial charge in [0.1, 0.15) is 0 Å². The van der Waals surface area contributed by atoms with Crippen LogP contribution in [-0.2, 0) is 14.8 Å². The molecule has 0 unspecified atom stereocenters. The normalized spacial score (nSPS) is 15.0. The van der Waals surface area contributed by atoms with Crippen molar-refractivity contribution in [1.82, 2.24) is 9.21 Å². The Morgan fingerprint density at radius 2 is 1.90 bits per heavy atom. The van der Waals surface area contributed by atoms with Gasteiger partial charge < -0.3 is 19.4 Å². The van der Waals surface area contributed by atoms with Gasteiger partial charge in [0.15, 0.2) is 5.11 Å². The van der Waals surface area contributed by atoms with E-state index in [0.29, 0.717) is 23.2 Å². The average molecular weight is 486 g/mol. The maximum atomic E-state index is 12.9. The van der Waals surface area contributed by atoms with Gasteiger partial charge in [-0.2, -0.15) is 4.31 Å². The third kappa shape index (κ3) is 5.20. The largest absolute Gasteiger partial charge is 0.460 e. The summed E-state index contributed by atoms with van der Waals surface area (Å²) in [7, 11) is -3.87. The Morgan fingerprint density at radius 1 is 1.23 bits per heavy atom. The number of benzene rings is 1. The van der Waals surface area contributed by atoms with Crippen molar-refractivity contribution in [3.8, 4) is 0 Å². The Kier molecular flexibility index (Phi) is 7.25. The number of carbonyl (C=O) groups excluding carboxylic acids is 1. The molecule has 0 spiro atoms. The summed E-state index contributed by atoms with van der Waals surface area (Å²) in [5.74, 6) is -0.843. The SMILES string of the molecule is CCOC(=O)c1ccc(S(=O)(=O)N2CCN(C(=S)Nc3c(C)cc(C)cc3Cl)CC2)o1. The predicted molar refractivity (Wildman–Crippen MR) is 122 cm³/mol. The first-order valence-electron chi connectivity index (χ1n) is 9.73. The van der Waals surface area contributed by atoms with Crippen molar-refractivity contribution >= 4 is 50.6 Å². The second-order valence-corrected chi connectivity index (χ2v) is 9.76. The number of piperazine rings is 1. The maximum absolute atomic E-state index is 12.9. The van der Waals surface area contributed by atoms with Gasteiger partial charge in [-0.15, -0.1) is 0 Å². The van der Waals surface area contributed by atoms with Crippen LogP contribution in [0.1, 0.15) is 28.6 Å². The van der Waals surface area contributed by atoms with Crippen LogP contribution in [0.25, 0.3) is 0 Å². The van der Waals surface area contributed by atoms with E-state index in [1.54, 1.807) is 6.92 Å². The Morgan fingerprint density at radius 3 is 2.52 bits per heavy atom. The zero-order chi connectivity index (χ0) is 22.8. The minimum Gasteiger partial charge on any atom is -0.460 e. The summed E-state index contributed by atoms with van der Waals surface area (Å²) >= 11 is 11.8. The van der Waals surface area contributed by atoms with Gasteiger partial charge in [-0.25, -0.2) is 13.2 Å². The molecule has 3 rings (SSSR count). The fourth-order valence-electron chi connectivity index (χ4n) is 3.29. The lowest BCUT2D eigenvalue weighted by molar-refractivity contribution is 0.0483. The first kappa shape index (κ1) is 23.5. The number of nitrogens with zero attached hydrogens (tertiary/aromatic N) is 2. The number of carbonyl (C=O) groups is 1. The number of esters is 1. The summed E-state index contributed by atoms with van der Waals surface area (Å²) in [6.45, 7) is 6.99. The van der Waals surface area contributed by atoms with Crippen LogP contribution in [0.3, 0.4) is 0 Å². The topological polar surface area (TPSA) is 92.1 Å². The standard InChI is InChI=1S/C20H24ClN3O5S2/c1-4-28-19(25)16-5-6-17(29-16)31(26,27)24-9-7-23(8-10-24)20(30)22-18-14(3)11-13(2)12-15(18)21/h5-6,11-12H,4,7-10H2,1-3H3,(H,22,30). The van der Waals surface area contributed by atoms with Crippen molar-refractivity contribution in [2.24, 2.45) is 0 Å². The van der Waals surface area contributed by atoms with Gasteiger partial charge >= 0.3 is 5.97 Å². The van der Waals surface area contributed by atoms with Gasteiger partial charge in [0.2, 0.25) is 10.9 Å². The highest BCUT2D eigenvalue weighted by molar-refractivity contribution is 7.89. The molecular weight excluding hydrogens is 462 g/mol. The molecule has 168 valence electrons. The van der Waals surface area contributed by atoms with Crippen LogP contribution < -0.4 is 5.32 Å². The zero-order valence-corrected chi connectivity index (χ0v) is 19.9. The number of hydrogen-bond acceptors (Lipinski definition) is 6. The maximum Gasteiger partial charge on any atom is 0.374 e. The number of sulfonamides is 1. The molecule has 2 heterocycles. The molecule has 0 saturated carbocycles. The van der Waals surface area contributed by atoms with E-state index >= 15 is 0 Å². The van der Waals surface area contributed by atoms with Gasteiger partial charge in [0, 0.05) is 26.2 Å². The van der Waals surface area contributed by atoms with Crippen molar-refractivity contribution in [1.29, 1.82) is 0 Å². The van der Waals surface area contributed by atoms with E-state index in [-0.39, 0.29) is 30.5 Å². The Bertz CT molecular complexity index is 1070. The van der Waals surface area contributed by atoms with E-state index < -0.39 is 16.0 Å². The highest BCUT2D eigenvalue weighted by Gasteiger charge is 2.32. The van der Waals surface area contributed by atoms with Crippen molar-refractivity contribution in [2.75, 3.05) is 38.1 Å². The lowest BCUT2D eigenvalue weighted by Crippen LogP contribution is -2.51. The first-order chi connectivity index (χ1) is 14.6. The molecule has 0 bridgehead atoms. The second-order valence-electron chi connectivity index (χ2n) is 7.10. The number of thiocarbonyl (C=S) groups is 1. The Balaban J connectivity index is 1.64. The number of nitrogens with one attached hydrogen (secondary N) is 1. The summed E-state index contributed by atoms with van der Waals surface area (Å²) in [6, 6.07) is 6.43. The Hall–Kier alpha value is -2.14. The van der Waals surface area contributed by atoms with Gasteiger partial charge in [0.25, 0.3) is 10.0 Å². The van der Waals surface area contributed by atoms with E-state index in [9.17, 15) is 13.2 Å². The summed E-state index contributed by atoms with van der Waals surface area (Å²) < 4.78 is 37.1. The van der Waals surface area contributed by atoms with Crippen LogP contribution in [0.15, 0.2) is 33.8 Å². The number of hydrogen-bond donors (Lipinski definition) is 1. The summed E-state index contributed by atoms with van der Waals surface area (Å²) in [6.07, 6.45) is 0. The van der Waals surface area contributed by atoms with E-state index in [2.05, 4.69) is 5.32 Å². The van der Waals surface area contributed by atoms with Crippen molar-refractivity contribution in [3.63, 3.8) is 0 Å². The van der Waals surface area contributed by atoms with Gasteiger partial charge in [0.05, 0.1) is 17.3 Å². The third-order valence-corrected chi connectivity index (χ3v) is 7.27. The first-order valence-corrected chi connectivity index (χ1v) is 12.0. The molecule has 0 amide bonds. The van der Waals surface area contributed by atoms with E-state index in [1.165, 1.54) is 16.4 Å². The summed E-state index contributed by atoms with van der Waals surface area (Å²) in [5, 5.41) is 3.95. The molecule has 0 aliphatic carbocycles. The fraction of sp³-hybridized carbons (Fsp3) is 0.400. The molecule has 1 aliphatic rings. The van der Waals surface area contributed by atoms with Crippen LogP contribution in [0.5, 0.6) is 0 Å². The van der Waals surface area contributed by atoms with Gasteiger partial charge in [-0.1, -0.05) is 17.7 Å². The van der Waals surface area contributed by atoms with E-state index in [4.69, 9.17) is 33.0 Å². The monoisotopic (exact) mass is 485 g/mol. The summed E-state index contributed by atoms with van der Waals surface area (Å²) in [5.41, 5.74) is 2.78. The van der Waals surface area contributed by atoms with Crippen LogP contribution in [-0.4, -0.2) is 61.5 Å². The van der Waals surface area contributed by atoms with E-state index in [1.807, 2.05) is 30.9 Å². The molecule has 1 aromatic carbocycles. The molecule has 1 fully saturated rings. The number of ether oxygens (including phenoxy) is 1. The zero-order valence-electron chi connectivity index (χ0n) is 17.5.